The lowest BCUT2D eigenvalue weighted by Gasteiger charge is -2.64. The molecule has 3 fully saturated rings. The Morgan fingerprint density at radius 3 is 2.36 bits per heavy atom. The molecule has 22 heavy (non-hydrogen) atoms. The van der Waals surface area contributed by atoms with Crippen LogP contribution in [-0.4, -0.2) is 36.0 Å². The molecule has 0 saturated heterocycles. The van der Waals surface area contributed by atoms with E-state index in [0.717, 1.165) is 19.3 Å². The summed E-state index contributed by atoms with van der Waals surface area (Å²) in [6.07, 6.45) is 2.59. The molecule has 0 aromatic carbocycles. The van der Waals surface area contributed by atoms with Crippen LogP contribution >= 0.6 is 0 Å². The second kappa shape index (κ2) is 5.79. The molecule has 0 aliphatic heterocycles. The van der Waals surface area contributed by atoms with Crippen LogP contribution in [0.25, 0.3) is 0 Å². The van der Waals surface area contributed by atoms with Gasteiger partial charge in [0.25, 0.3) is 0 Å². The van der Waals surface area contributed by atoms with Gasteiger partial charge in [-0.25, -0.2) is 0 Å². The quantitative estimate of drug-likeness (QED) is 0.604. The third-order valence-electron chi connectivity index (χ3n) is 6.40. The molecule has 3 saturated carbocycles. The maximum absolute atomic E-state index is 11.9. The van der Waals surface area contributed by atoms with Crippen molar-refractivity contribution in [3.63, 3.8) is 0 Å². The Hall–Kier alpha value is -0.610. The molecule has 3 aliphatic rings. The molecule has 0 heterocycles. The predicted octanol–water partition coefficient (Wildman–Crippen LogP) is 3.17. The number of carbonyl (C=O) groups excluding carboxylic acids is 1. The number of hydrogen-bond acceptors (Lipinski definition) is 4. The summed E-state index contributed by atoms with van der Waals surface area (Å²) in [5, 5.41) is 10.8. The SMILES string of the molecule is CCC(C)(C)C(=O)OCCOC1CC2C[C@H](C2(C)C)[C@]1(C)O. The Balaban J connectivity index is 1.78. The van der Waals surface area contributed by atoms with Gasteiger partial charge in [-0.05, 0) is 57.3 Å². The molecule has 4 nitrogen and oxygen atoms in total. The molecule has 4 atom stereocenters. The van der Waals surface area contributed by atoms with Crippen molar-refractivity contribution < 1.29 is 19.4 Å². The van der Waals surface area contributed by atoms with E-state index in [2.05, 4.69) is 13.8 Å². The number of fused-ring (bicyclic) bond motifs is 2. The van der Waals surface area contributed by atoms with E-state index in [1.807, 2.05) is 27.7 Å². The van der Waals surface area contributed by atoms with Crippen molar-refractivity contribution in [1.82, 2.24) is 0 Å². The van der Waals surface area contributed by atoms with Crippen molar-refractivity contribution in [2.75, 3.05) is 13.2 Å². The Labute approximate surface area is 134 Å². The van der Waals surface area contributed by atoms with Gasteiger partial charge in [0.15, 0.2) is 0 Å². The fourth-order valence-electron chi connectivity index (χ4n) is 4.03. The van der Waals surface area contributed by atoms with Crippen LogP contribution in [0.1, 0.15) is 60.8 Å². The summed E-state index contributed by atoms with van der Waals surface area (Å²) in [6.45, 7) is 12.7. The lowest BCUT2D eigenvalue weighted by atomic mass is 9.43. The standard InChI is InChI=1S/C18H32O4/c1-7-16(2,3)15(19)22-9-8-21-14-11-12-10-13(17(12,4)5)18(14,6)20/h12-14,20H,7-11H2,1-6H3/t12?,13-,14?,18+/m1/s1. The molecule has 0 spiro atoms. The van der Waals surface area contributed by atoms with E-state index in [1.54, 1.807) is 0 Å². The van der Waals surface area contributed by atoms with Gasteiger partial charge in [-0.15, -0.1) is 0 Å². The van der Waals surface area contributed by atoms with Crippen molar-refractivity contribution >= 4 is 5.97 Å². The zero-order valence-corrected chi connectivity index (χ0v) is 14.9. The van der Waals surface area contributed by atoms with Crippen LogP contribution in [0.4, 0.5) is 0 Å². The largest absolute Gasteiger partial charge is 0.463 e. The van der Waals surface area contributed by atoms with Crippen molar-refractivity contribution in [2.45, 2.75) is 72.5 Å². The van der Waals surface area contributed by atoms with Crippen molar-refractivity contribution in [1.29, 1.82) is 0 Å². The number of hydrogen-bond donors (Lipinski definition) is 1. The van der Waals surface area contributed by atoms with Crippen molar-refractivity contribution in [2.24, 2.45) is 22.7 Å². The first-order valence-corrected chi connectivity index (χ1v) is 8.54. The third kappa shape index (κ3) is 2.92. The number of ether oxygens (including phenoxy) is 2. The first kappa shape index (κ1) is 17.7. The average Bonchev–Trinajstić information content (AvgIpc) is 2.43. The lowest BCUT2D eigenvalue weighted by Crippen LogP contribution is -2.67. The molecule has 3 rings (SSSR count). The maximum atomic E-state index is 11.9. The lowest BCUT2D eigenvalue weighted by molar-refractivity contribution is -0.258. The Kier molecular flexibility index (Phi) is 4.67. The molecule has 2 bridgehead atoms. The fourth-order valence-corrected chi connectivity index (χ4v) is 4.03. The number of rotatable bonds is 6. The maximum Gasteiger partial charge on any atom is 0.311 e. The van der Waals surface area contributed by atoms with Gasteiger partial charge in [-0.1, -0.05) is 20.8 Å². The Morgan fingerprint density at radius 2 is 1.86 bits per heavy atom. The summed E-state index contributed by atoms with van der Waals surface area (Å²) in [6, 6.07) is 0. The van der Waals surface area contributed by atoms with Crippen LogP contribution in [0.3, 0.4) is 0 Å². The second-order valence-electron chi connectivity index (χ2n) is 8.50. The first-order chi connectivity index (χ1) is 10.0. The molecule has 128 valence electrons. The van der Waals surface area contributed by atoms with Gasteiger partial charge >= 0.3 is 5.97 Å². The topological polar surface area (TPSA) is 55.8 Å². The molecule has 3 aliphatic carbocycles. The van der Waals surface area contributed by atoms with E-state index in [0.29, 0.717) is 18.4 Å². The highest BCUT2D eigenvalue weighted by molar-refractivity contribution is 5.75. The van der Waals surface area contributed by atoms with Crippen LogP contribution in [0, 0.1) is 22.7 Å². The molecular formula is C18H32O4. The van der Waals surface area contributed by atoms with Gasteiger partial charge in [-0.2, -0.15) is 0 Å². The summed E-state index contributed by atoms with van der Waals surface area (Å²) in [5.41, 5.74) is -1.02. The van der Waals surface area contributed by atoms with Gasteiger partial charge in [0.05, 0.1) is 23.7 Å². The molecule has 0 radical (unpaired) electrons. The zero-order chi connectivity index (χ0) is 16.8. The highest BCUT2D eigenvalue weighted by Gasteiger charge is 2.63. The summed E-state index contributed by atoms with van der Waals surface area (Å²) in [4.78, 5) is 11.9. The zero-order valence-electron chi connectivity index (χ0n) is 14.9. The third-order valence-corrected chi connectivity index (χ3v) is 6.40. The summed E-state index contributed by atoms with van der Waals surface area (Å²) in [7, 11) is 0. The van der Waals surface area contributed by atoms with E-state index in [1.165, 1.54) is 0 Å². The van der Waals surface area contributed by atoms with E-state index >= 15 is 0 Å². The van der Waals surface area contributed by atoms with Gasteiger partial charge in [0, 0.05) is 0 Å². The van der Waals surface area contributed by atoms with Gasteiger partial charge in [-0.3, -0.25) is 4.79 Å². The Bertz CT molecular complexity index is 425. The fraction of sp³-hybridized carbons (Fsp3) is 0.944. The summed E-state index contributed by atoms with van der Waals surface area (Å²) < 4.78 is 11.2. The van der Waals surface area contributed by atoms with Crippen LogP contribution < -0.4 is 0 Å². The smallest absolute Gasteiger partial charge is 0.311 e. The molecule has 0 aromatic heterocycles. The van der Waals surface area contributed by atoms with Crippen LogP contribution in [0.15, 0.2) is 0 Å². The van der Waals surface area contributed by atoms with E-state index in [9.17, 15) is 9.90 Å². The van der Waals surface area contributed by atoms with Crippen molar-refractivity contribution in [3.8, 4) is 0 Å². The predicted molar refractivity (Wildman–Crippen MR) is 85.4 cm³/mol. The van der Waals surface area contributed by atoms with Crippen LogP contribution in [0.2, 0.25) is 0 Å². The van der Waals surface area contributed by atoms with Crippen molar-refractivity contribution in [3.05, 3.63) is 0 Å². The van der Waals surface area contributed by atoms with Gasteiger partial charge in [0.2, 0.25) is 0 Å². The van der Waals surface area contributed by atoms with Crippen LogP contribution in [-0.2, 0) is 14.3 Å². The van der Waals surface area contributed by atoms with Gasteiger partial charge in [0.1, 0.15) is 6.61 Å². The minimum atomic E-state index is -0.787. The number of esters is 1. The molecular weight excluding hydrogens is 280 g/mol. The van der Waals surface area contributed by atoms with E-state index in [-0.39, 0.29) is 24.1 Å². The minimum Gasteiger partial charge on any atom is -0.463 e. The summed E-state index contributed by atoms with van der Waals surface area (Å²) >= 11 is 0. The number of carbonyl (C=O) groups is 1. The monoisotopic (exact) mass is 312 g/mol. The highest BCUT2D eigenvalue weighted by atomic mass is 16.6. The highest BCUT2D eigenvalue weighted by Crippen LogP contribution is 2.63. The Morgan fingerprint density at radius 1 is 1.23 bits per heavy atom. The molecule has 4 heteroatoms. The second-order valence-corrected chi connectivity index (χ2v) is 8.50. The van der Waals surface area contributed by atoms with E-state index < -0.39 is 11.0 Å². The summed E-state index contributed by atoms with van der Waals surface area (Å²) in [5.74, 6) is 0.743. The van der Waals surface area contributed by atoms with Gasteiger partial charge < -0.3 is 14.6 Å². The minimum absolute atomic E-state index is 0.151. The average molecular weight is 312 g/mol. The normalized spacial score (nSPS) is 36.6. The van der Waals surface area contributed by atoms with Crippen LogP contribution in [0.5, 0.6) is 0 Å². The molecule has 0 aromatic rings. The molecule has 2 unspecified atom stereocenters. The molecule has 1 N–H and O–H groups in total. The number of aliphatic hydroxyl groups is 1. The molecule has 0 amide bonds. The first-order valence-electron chi connectivity index (χ1n) is 8.54. The van der Waals surface area contributed by atoms with E-state index in [4.69, 9.17) is 9.47 Å².